The molecule has 0 aliphatic carbocycles. The van der Waals surface area contributed by atoms with Gasteiger partial charge in [0.2, 0.25) is 0 Å². The first-order chi connectivity index (χ1) is 3.31. The second-order valence-corrected chi connectivity index (χ2v) is 2.64. The van der Waals surface area contributed by atoms with E-state index in [9.17, 15) is 0 Å². The highest BCUT2D eigenvalue weighted by molar-refractivity contribution is 9.14. The minimum atomic E-state index is 0.947. The number of rotatable bonds is 2. The third-order valence-corrected chi connectivity index (χ3v) is 2.33. The van der Waals surface area contributed by atoms with E-state index in [1.165, 1.54) is 4.48 Å². The van der Waals surface area contributed by atoms with E-state index in [0.29, 0.717) is 0 Å². The lowest BCUT2D eigenvalue weighted by molar-refractivity contribution is 1.04. The third-order valence-electron chi connectivity index (χ3n) is 0.534. The van der Waals surface area contributed by atoms with Crippen LogP contribution in [0.5, 0.6) is 0 Å². The van der Waals surface area contributed by atoms with Crippen molar-refractivity contribution in [3.63, 3.8) is 0 Å². The molecule has 0 aliphatic heterocycles. The van der Waals surface area contributed by atoms with Gasteiger partial charge in [-0.3, -0.25) is 0 Å². The van der Waals surface area contributed by atoms with Crippen LogP contribution in [-0.2, 0) is 0 Å². The van der Waals surface area contributed by atoms with Gasteiger partial charge in [0.05, 0.1) is 0 Å². The topological polar surface area (TPSA) is 0 Å². The van der Waals surface area contributed by atoms with Crippen molar-refractivity contribution in [1.82, 2.24) is 0 Å². The van der Waals surface area contributed by atoms with Crippen molar-refractivity contribution in [2.24, 2.45) is 0 Å². The average Bonchev–Trinajstić information content (AvgIpc) is 1.68. The summed E-state index contributed by atoms with van der Waals surface area (Å²) in [6.45, 7) is 3.68. The van der Waals surface area contributed by atoms with Gasteiger partial charge in [-0.2, -0.15) is 0 Å². The maximum absolute atomic E-state index is 3.68. The number of allylic oxidation sites excluding steroid dienone is 1. The lowest BCUT2D eigenvalue weighted by Gasteiger charge is -1.87. The molecular weight excluding hydrogens is 220 g/mol. The zero-order valence-corrected chi connectivity index (χ0v) is 7.13. The van der Waals surface area contributed by atoms with Crippen molar-refractivity contribution >= 4 is 31.9 Å². The molecule has 41 valence electrons. The molecule has 0 aromatic carbocycles. The Morgan fingerprint density at radius 3 is 2.43 bits per heavy atom. The molecule has 7 heavy (non-hydrogen) atoms. The van der Waals surface area contributed by atoms with Crippen LogP contribution in [0.2, 0.25) is 0 Å². The van der Waals surface area contributed by atoms with Crippen LogP contribution in [0.1, 0.15) is 12.8 Å². The van der Waals surface area contributed by atoms with Gasteiger partial charge in [0.15, 0.2) is 0 Å². The molecule has 0 aromatic heterocycles. The average molecular weight is 227 g/mol. The molecule has 0 N–H and O–H groups in total. The normalized spacial score (nSPS) is 12.1. The minimum Gasteiger partial charge on any atom is -0.0586 e. The summed E-state index contributed by atoms with van der Waals surface area (Å²) in [5, 5.41) is 0. The first-order valence-corrected chi connectivity index (χ1v) is 3.76. The predicted octanol–water partition coefficient (Wildman–Crippen LogP) is 3.23. The summed E-state index contributed by atoms with van der Waals surface area (Å²) in [5.41, 5.74) is 0. The molecule has 0 bridgehead atoms. The van der Waals surface area contributed by atoms with Gasteiger partial charge in [-0.1, -0.05) is 38.8 Å². The van der Waals surface area contributed by atoms with Crippen molar-refractivity contribution in [2.75, 3.05) is 0 Å². The van der Waals surface area contributed by atoms with Crippen LogP contribution in [0.25, 0.3) is 0 Å². The van der Waals surface area contributed by atoms with Crippen molar-refractivity contribution in [2.45, 2.75) is 12.8 Å². The van der Waals surface area contributed by atoms with Crippen molar-refractivity contribution < 1.29 is 0 Å². The lowest BCUT2D eigenvalue weighted by Crippen LogP contribution is -1.64. The molecule has 0 fully saturated rings. The molecule has 2 heteroatoms. The van der Waals surface area contributed by atoms with Crippen LogP contribution in [0.4, 0.5) is 0 Å². The molecule has 1 radical (unpaired) electrons. The highest BCUT2D eigenvalue weighted by Gasteiger charge is 1.83. The minimum absolute atomic E-state index is 0.947. The van der Waals surface area contributed by atoms with Crippen molar-refractivity contribution in [1.29, 1.82) is 0 Å². The first kappa shape index (κ1) is 7.70. The van der Waals surface area contributed by atoms with Crippen LogP contribution in [0.3, 0.4) is 0 Å². The number of hydrogen-bond acceptors (Lipinski definition) is 0. The van der Waals surface area contributed by atoms with Crippen molar-refractivity contribution in [3.8, 4) is 0 Å². The van der Waals surface area contributed by atoms with E-state index in [1.807, 2.05) is 4.99 Å². The van der Waals surface area contributed by atoms with E-state index >= 15 is 0 Å². The molecule has 0 rings (SSSR count). The first-order valence-electron chi connectivity index (χ1n) is 2.05. The van der Waals surface area contributed by atoms with Gasteiger partial charge in [-0.05, 0) is 17.8 Å². The standard InChI is InChI=1S/C5H7Br2/c1-2-3-5(7)4-6/h4H,1-3H2/b5-4-. The summed E-state index contributed by atoms with van der Waals surface area (Å²) in [5.74, 6) is 0. The Balaban J connectivity index is 3.17. The van der Waals surface area contributed by atoms with E-state index in [4.69, 9.17) is 0 Å². The molecule has 0 spiro atoms. The highest BCUT2D eigenvalue weighted by atomic mass is 79.9. The predicted molar refractivity (Wildman–Crippen MR) is 40.5 cm³/mol. The van der Waals surface area contributed by atoms with Gasteiger partial charge >= 0.3 is 0 Å². The fraction of sp³-hybridized carbons (Fsp3) is 0.400. The Morgan fingerprint density at radius 2 is 2.29 bits per heavy atom. The lowest BCUT2D eigenvalue weighted by atomic mass is 10.3. The summed E-state index contributed by atoms with van der Waals surface area (Å²) >= 11 is 6.49. The Kier molecular flexibility index (Phi) is 5.33. The van der Waals surface area contributed by atoms with Crippen LogP contribution >= 0.6 is 31.9 Å². The molecule has 0 amide bonds. The molecule has 0 saturated heterocycles. The number of halogens is 2. The molecule has 0 atom stereocenters. The van der Waals surface area contributed by atoms with Crippen LogP contribution in [-0.4, -0.2) is 0 Å². The fourth-order valence-electron chi connectivity index (χ4n) is 0.223. The Labute approximate surface area is 61.2 Å². The smallest absolute Gasteiger partial charge is 0.00197 e. The quantitative estimate of drug-likeness (QED) is 0.679. The Bertz CT molecular complexity index is 66.5. The summed E-state index contributed by atoms with van der Waals surface area (Å²) in [7, 11) is 0. The van der Waals surface area contributed by atoms with Gasteiger partial charge < -0.3 is 0 Å². The molecule has 0 aromatic rings. The van der Waals surface area contributed by atoms with Gasteiger partial charge in [0.25, 0.3) is 0 Å². The molecule has 0 aliphatic rings. The van der Waals surface area contributed by atoms with Gasteiger partial charge in [0, 0.05) is 4.48 Å². The summed E-state index contributed by atoms with van der Waals surface area (Å²) < 4.78 is 1.17. The van der Waals surface area contributed by atoms with Gasteiger partial charge in [0.1, 0.15) is 0 Å². The molecule has 0 heterocycles. The summed E-state index contributed by atoms with van der Waals surface area (Å²) in [4.78, 5) is 1.86. The van der Waals surface area contributed by atoms with Crippen molar-refractivity contribution in [3.05, 3.63) is 16.4 Å². The second-order valence-electron chi connectivity index (χ2n) is 1.16. The summed E-state index contributed by atoms with van der Waals surface area (Å²) in [6.07, 6.45) is 1.97. The molecular formula is C5H7Br2. The zero-order valence-electron chi connectivity index (χ0n) is 3.95. The SMILES string of the molecule is [CH2]CC/C(Br)=C/Br. The maximum atomic E-state index is 3.68. The van der Waals surface area contributed by atoms with E-state index in [0.717, 1.165) is 12.8 Å². The summed E-state index contributed by atoms with van der Waals surface area (Å²) in [6, 6.07) is 0. The monoisotopic (exact) mass is 225 g/mol. The third kappa shape index (κ3) is 4.56. The van der Waals surface area contributed by atoms with Crippen LogP contribution in [0.15, 0.2) is 9.47 Å². The second kappa shape index (κ2) is 4.85. The van der Waals surface area contributed by atoms with E-state index < -0.39 is 0 Å². The van der Waals surface area contributed by atoms with Gasteiger partial charge in [-0.25, -0.2) is 0 Å². The highest BCUT2D eigenvalue weighted by Crippen LogP contribution is 2.13. The fourth-order valence-corrected chi connectivity index (χ4v) is 0.733. The zero-order chi connectivity index (χ0) is 5.70. The van der Waals surface area contributed by atoms with E-state index in [1.54, 1.807) is 0 Å². The largest absolute Gasteiger partial charge is 0.0586 e. The van der Waals surface area contributed by atoms with Gasteiger partial charge in [-0.15, -0.1) is 0 Å². The Hall–Kier alpha value is 0.700. The molecule has 0 saturated carbocycles. The molecule has 0 nitrogen and oxygen atoms in total. The molecule has 0 unspecified atom stereocenters. The number of hydrogen-bond donors (Lipinski definition) is 0. The van der Waals surface area contributed by atoms with E-state index in [2.05, 4.69) is 38.8 Å². The maximum Gasteiger partial charge on any atom is 0.00197 e. The van der Waals surface area contributed by atoms with Crippen LogP contribution < -0.4 is 0 Å². The Morgan fingerprint density at radius 1 is 1.71 bits per heavy atom. The van der Waals surface area contributed by atoms with E-state index in [-0.39, 0.29) is 0 Å². The van der Waals surface area contributed by atoms with Crippen LogP contribution in [0, 0.1) is 6.92 Å².